The van der Waals surface area contributed by atoms with E-state index in [2.05, 4.69) is 152 Å². The summed E-state index contributed by atoms with van der Waals surface area (Å²) in [5.41, 5.74) is 12.2. The van der Waals surface area contributed by atoms with E-state index in [1.54, 1.807) is 0 Å². The maximum Gasteiger partial charge on any atom is 0.164 e. The molecule has 1 aliphatic carbocycles. The van der Waals surface area contributed by atoms with Crippen LogP contribution in [0.1, 0.15) is 27.8 Å². The van der Waals surface area contributed by atoms with Crippen molar-refractivity contribution in [2.75, 3.05) is 0 Å². The van der Waals surface area contributed by atoms with E-state index >= 15 is 0 Å². The standard InChI is InChI=1S/C51H30N4S/c52-31-32-12-10-17-35(28-32)36-24-26-39-40-27-25-37(30-45(40)51(44(39)29-36)42-20-6-8-22-46(42)56-47-23-9-7-21-43(47)51)49-53-48(34-14-2-1-3-15-34)54-50(55-49)41-19-11-16-33-13-4-5-18-38(33)41/h1-30H. The lowest BCUT2D eigenvalue weighted by Crippen LogP contribution is -2.32. The van der Waals surface area contributed by atoms with Crippen LogP contribution in [0.15, 0.2) is 192 Å². The fourth-order valence-corrected chi connectivity index (χ4v) is 9.94. The molecule has 1 aliphatic heterocycles. The molecule has 0 saturated carbocycles. The van der Waals surface area contributed by atoms with Crippen LogP contribution < -0.4 is 0 Å². The van der Waals surface area contributed by atoms with Crippen LogP contribution in [0.5, 0.6) is 0 Å². The van der Waals surface area contributed by atoms with E-state index in [9.17, 15) is 5.26 Å². The van der Waals surface area contributed by atoms with E-state index in [1.807, 2.05) is 48.2 Å². The number of hydrogen-bond donors (Lipinski definition) is 0. The van der Waals surface area contributed by atoms with Gasteiger partial charge in [0.1, 0.15) is 0 Å². The molecule has 2 heterocycles. The topological polar surface area (TPSA) is 62.5 Å². The molecule has 1 spiro atoms. The van der Waals surface area contributed by atoms with Crippen molar-refractivity contribution in [2.24, 2.45) is 0 Å². The number of nitriles is 1. The van der Waals surface area contributed by atoms with Gasteiger partial charge in [-0.1, -0.05) is 157 Å². The van der Waals surface area contributed by atoms with Gasteiger partial charge in [-0.15, -0.1) is 0 Å². The Hall–Kier alpha value is -7.13. The fraction of sp³-hybridized carbons (Fsp3) is 0.0196. The van der Waals surface area contributed by atoms with Crippen molar-refractivity contribution in [1.82, 2.24) is 15.0 Å². The number of nitrogens with zero attached hydrogens (tertiary/aromatic N) is 4. The van der Waals surface area contributed by atoms with Crippen LogP contribution in [0.25, 0.3) is 67.2 Å². The molecule has 1 aromatic heterocycles. The van der Waals surface area contributed by atoms with Gasteiger partial charge in [0.25, 0.3) is 0 Å². The van der Waals surface area contributed by atoms with Gasteiger partial charge >= 0.3 is 0 Å². The largest absolute Gasteiger partial charge is 0.208 e. The molecule has 8 aromatic carbocycles. The molecule has 0 fully saturated rings. The third-order valence-corrected chi connectivity index (χ3v) is 12.4. The summed E-state index contributed by atoms with van der Waals surface area (Å²) in [6.07, 6.45) is 0. The summed E-state index contributed by atoms with van der Waals surface area (Å²) in [5.74, 6) is 1.89. The average Bonchev–Trinajstić information content (AvgIpc) is 3.55. The molecule has 0 N–H and O–H groups in total. The molecule has 11 rings (SSSR count). The average molecular weight is 731 g/mol. The second kappa shape index (κ2) is 12.7. The van der Waals surface area contributed by atoms with Crippen molar-refractivity contribution >= 4 is 22.5 Å². The SMILES string of the molecule is N#Cc1cccc(-c2ccc3c(c2)C2(c4ccccc4Sc4ccccc42)c2cc(-c4nc(-c5ccccc5)nc(-c5cccc6ccccc56)n4)ccc2-3)c1. The summed E-state index contributed by atoms with van der Waals surface area (Å²) in [7, 11) is 0. The molecule has 56 heavy (non-hydrogen) atoms. The first-order valence-electron chi connectivity index (χ1n) is 18.7. The lowest BCUT2D eigenvalue weighted by molar-refractivity contribution is 0.722. The Balaban J connectivity index is 1.19. The second-order valence-corrected chi connectivity index (χ2v) is 15.3. The van der Waals surface area contributed by atoms with E-state index < -0.39 is 5.41 Å². The van der Waals surface area contributed by atoms with Crippen molar-refractivity contribution in [3.05, 3.63) is 210 Å². The minimum atomic E-state index is -0.615. The zero-order chi connectivity index (χ0) is 37.2. The predicted molar refractivity (Wildman–Crippen MR) is 225 cm³/mol. The molecule has 0 bridgehead atoms. The summed E-state index contributed by atoms with van der Waals surface area (Å²) in [4.78, 5) is 18.0. The van der Waals surface area contributed by atoms with Crippen molar-refractivity contribution in [2.45, 2.75) is 15.2 Å². The molecule has 4 nitrogen and oxygen atoms in total. The van der Waals surface area contributed by atoms with E-state index in [-0.39, 0.29) is 0 Å². The van der Waals surface area contributed by atoms with Crippen LogP contribution >= 0.6 is 11.8 Å². The number of aromatic nitrogens is 3. The first-order chi connectivity index (χ1) is 27.7. The Morgan fingerprint density at radius 3 is 1.71 bits per heavy atom. The Kier molecular flexibility index (Phi) is 7.35. The molecule has 0 unspecified atom stereocenters. The Bertz CT molecular complexity index is 3040. The highest BCUT2D eigenvalue weighted by Gasteiger charge is 2.50. The minimum Gasteiger partial charge on any atom is -0.208 e. The molecule has 0 saturated heterocycles. The quantitative estimate of drug-likeness (QED) is 0.180. The van der Waals surface area contributed by atoms with Crippen LogP contribution in [0.4, 0.5) is 0 Å². The summed E-state index contributed by atoms with van der Waals surface area (Å²) >= 11 is 1.83. The van der Waals surface area contributed by atoms with Crippen molar-refractivity contribution in [3.63, 3.8) is 0 Å². The highest BCUT2D eigenvalue weighted by molar-refractivity contribution is 7.99. The van der Waals surface area contributed by atoms with Crippen LogP contribution in [0.3, 0.4) is 0 Å². The van der Waals surface area contributed by atoms with Gasteiger partial charge < -0.3 is 0 Å². The Morgan fingerprint density at radius 2 is 0.964 bits per heavy atom. The third kappa shape index (κ3) is 4.90. The normalized spacial score (nSPS) is 13.1. The van der Waals surface area contributed by atoms with Crippen LogP contribution in [-0.2, 0) is 5.41 Å². The van der Waals surface area contributed by atoms with Gasteiger partial charge in [0.05, 0.1) is 17.0 Å². The van der Waals surface area contributed by atoms with Gasteiger partial charge in [0.15, 0.2) is 17.5 Å². The molecule has 0 radical (unpaired) electrons. The van der Waals surface area contributed by atoms with Crippen molar-refractivity contribution in [1.29, 1.82) is 5.26 Å². The predicted octanol–water partition coefficient (Wildman–Crippen LogP) is 12.4. The van der Waals surface area contributed by atoms with Crippen LogP contribution in [-0.4, -0.2) is 15.0 Å². The lowest BCUT2D eigenvalue weighted by Gasteiger charge is -2.39. The van der Waals surface area contributed by atoms with E-state index in [0.717, 1.165) is 38.6 Å². The van der Waals surface area contributed by atoms with Crippen LogP contribution in [0.2, 0.25) is 0 Å². The summed E-state index contributed by atoms with van der Waals surface area (Å²) in [6, 6.07) is 66.3. The van der Waals surface area contributed by atoms with Crippen LogP contribution in [0, 0.1) is 11.3 Å². The smallest absolute Gasteiger partial charge is 0.164 e. The summed E-state index contributed by atoms with van der Waals surface area (Å²) < 4.78 is 0. The van der Waals surface area contributed by atoms with Crippen molar-refractivity contribution < 1.29 is 0 Å². The van der Waals surface area contributed by atoms with Gasteiger partial charge in [-0.05, 0) is 91.7 Å². The second-order valence-electron chi connectivity index (χ2n) is 14.3. The molecule has 260 valence electrons. The fourth-order valence-electron chi connectivity index (χ4n) is 8.75. The lowest BCUT2D eigenvalue weighted by atomic mass is 9.67. The first kappa shape index (κ1) is 32.3. The molecule has 5 heteroatoms. The third-order valence-electron chi connectivity index (χ3n) is 11.2. The molecule has 0 amide bonds. The monoisotopic (exact) mass is 730 g/mol. The highest BCUT2D eigenvalue weighted by atomic mass is 32.2. The number of hydrogen-bond acceptors (Lipinski definition) is 5. The molecule has 0 atom stereocenters. The van der Waals surface area contributed by atoms with E-state index in [0.29, 0.717) is 23.0 Å². The highest BCUT2D eigenvalue weighted by Crippen LogP contribution is 2.62. The zero-order valence-electron chi connectivity index (χ0n) is 30.0. The number of benzene rings is 8. The van der Waals surface area contributed by atoms with Gasteiger partial charge in [-0.25, -0.2) is 15.0 Å². The maximum absolute atomic E-state index is 9.76. The Labute approximate surface area is 328 Å². The summed E-state index contributed by atoms with van der Waals surface area (Å²) in [5, 5.41) is 12.0. The molecule has 9 aromatic rings. The first-order valence-corrected chi connectivity index (χ1v) is 19.5. The van der Waals surface area contributed by atoms with Gasteiger partial charge in [-0.2, -0.15) is 5.26 Å². The summed E-state index contributed by atoms with van der Waals surface area (Å²) in [6.45, 7) is 0. The van der Waals surface area contributed by atoms with Gasteiger partial charge in [0.2, 0.25) is 0 Å². The van der Waals surface area contributed by atoms with E-state index in [4.69, 9.17) is 15.0 Å². The molecule has 2 aliphatic rings. The zero-order valence-corrected chi connectivity index (χ0v) is 30.8. The van der Waals surface area contributed by atoms with Gasteiger partial charge in [-0.3, -0.25) is 0 Å². The van der Waals surface area contributed by atoms with E-state index in [1.165, 1.54) is 43.2 Å². The van der Waals surface area contributed by atoms with Crippen molar-refractivity contribution in [3.8, 4) is 62.5 Å². The molecular weight excluding hydrogens is 701 g/mol. The number of fused-ring (bicyclic) bond motifs is 10. The number of rotatable bonds is 4. The minimum absolute atomic E-state index is 0.615. The maximum atomic E-state index is 9.76. The van der Waals surface area contributed by atoms with Gasteiger partial charge in [0, 0.05) is 26.5 Å². The Morgan fingerprint density at radius 1 is 0.411 bits per heavy atom. The molecular formula is C51H30N4S.